The maximum Gasteiger partial charge on any atom is 0.272 e. The number of non-ortho nitro benzene ring substituents is 1. The number of hydrogen-bond acceptors (Lipinski definition) is 5. The molecule has 1 aromatic rings. The summed E-state index contributed by atoms with van der Waals surface area (Å²) in [5.41, 5.74) is 5.81. The van der Waals surface area contributed by atoms with Crippen LogP contribution in [0.15, 0.2) is 23.1 Å². The molecule has 0 saturated carbocycles. The zero-order valence-electron chi connectivity index (χ0n) is 10.2. The Kier molecular flexibility index (Phi) is 4.96. The lowest BCUT2D eigenvalue weighted by Crippen LogP contribution is -2.31. The molecule has 0 aliphatic rings. The van der Waals surface area contributed by atoms with E-state index in [0.29, 0.717) is 10.6 Å². The number of nitrogens with one attached hydrogen (secondary N) is 1. The molecule has 0 aliphatic heterocycles. The molecule has 98 valence electrons. The highest BCUT2D eigenvalue weighted by Crippen LogP contribution is 2.26. The molecule has 0 aromatic heterocycles. The lowest BCUT2D eigenvalue weighted by molar-refractivity contribution is -0.385. The van der Waals surface area contributed by atoms with Gasteiger partial charge in [0.2, 0.25) is 5.91 Å². The molecule has 1 amide bonds. The number of nitrogen functional groups attached to an aromatic ring is 1. The van der Waals surface area contributed by atoms with E-state index < -0.39 is 4.92 Å². The van der Waals surface area contributed by atoms with Gasteiger partial charge in [0, 0.05) is 28.8 Å². The Bertz CT molecular complexity index is 463. The van der Waals surface area contributed by atoms with Crippen LogP contribution < -0.4 is 11.1 Å². The fourth-order valence-electron chi connectivity index (χ4n) is 1.31. The lowest BCUT2D eigenvalue weighted by atomic mass is 10.3. The maximum atomic E-state index is 11.4. The molecule has 6 nitrogen and oxygen atoms in total. The number of thioether (sulfide) groups is 1. The Hall–Kier alpha value is -1.76. The fourth-order valence-corrected chi connectivity index (χ4v) is 2.11. The Balaban J connectivity index is 2.67. The van der Waals surface area contributed by atoms with E-state index in [2.05, 4.69) is 5.32 Å². The first-order valence-electron chi connectivity index (χ1n) is 5.35. The molecular formula is C11H15N3O3S. The number of nitro groups is 1. The monoisotopic (exact) mass is 269 g/mol. The molecule has 0 aliphatic carbocycles. The molecule has 7 heteroatoms. The number of benzene rings is 1. The molecule has 0 radical (unpaired) electrons. The van der Waals surface area contributed by atoms with Gasteiger partial charge in [0.1, 0.15) is 0 Å². The highest BCUT2D eigenvalue weighted by molar-refractivity contribution is 8.00. The van der Waals surface area contributed by atoms with E-state index in [1.54, 1.807) is 6.07 Å². The van der Waals surface area contributed by atoms with E-state index in [9.17, 15) is 14.9 Å². The summed E-state index contributed by atoms with van der Waals surface area (Å²) >= 11 is 1.22. The number of nitrogens with zero attached hydrogens (tertiary/aromatic N) is 1. The first-order chi connectivity index (χ1) is 8.38. The minimum Gasteiger partial charge on any atom is -0.398 e. The largest absolute Gasteiger partial charge is 0.398 e. The minimum atomic E-state index is -0.505. The van der Waals surface area contributed by atoms with Crippen LogP contribution >= 0.6 is 11.8 Å². The van der Waals surface area contributed by atoms with Crippen molar-refractivity contribution in [3.63, 3.8) is 0 Å². The first kappa shape index (κ1) is 14.3. The van der Waals surface area contributed by atoms with Crippen LogP contribution in [0.4, 0.5) is 11.4 Å². The van der Waals surface area contributed by atoms with Crippen LogP contribution in [0.3, 0.4) is 0 Å². The zero-order valence-corrected chi connectivity index (χ0v) is 11.0. The smallest absolute Gasteiger partial charge is 0.272 e. The molecule has 1 aromatic carbocycles. The summed E-state index contributed by atoms with van der Waals surface area (Å²) in [6.45, 7) is 3.74. The number of hydrogen-bond donors (Lipinski definition) is 2. The Morgan fingerprint density at radius 1 is 1.50 bits per heavy atom. The molecule has 0 saturated heterocycles. The van der Waals surface area contributed by atoms with Gasteiger partial charge in [0.25, 0.3) is 5.69 Å². The quantitative estimate of drug-likeness (QED) is 0.367. The molecule has 1 rings (SSSR count). The van der Waals surface area contributed by atoms with Gasteiger partial charge in [-0.15, -0.1) is 11.8 Å². The van der Waals surface area contributed by atoms with Gasteiger partial charge in [-0.2, -0.15) is 0 Å². The van der Waals surface area contributed by atoms with Gasteiger partial charge < -0.3 is 11.1 Å². The number of nitro benzene ring substituents is 1. The SMILES string of the molecule is CC(C)NC(=O)CSc1cc(N)cc([N+](=O)[O-])c1. The average Bonchev–Trinajstić information content (AvgIpc) is 2.24. The fraction of sp³-hybridized carbons (Fsp3) is 0.364. The van der Waals surface area contributed by atoms with Crippen molar-refractivity contribution in [1.82, 2.24) is 5.32 Å². The van der Waals surface area contributed by atoms with Gasteiger partial charge in [-0.25, -0.2) is 0 Å². The molecule has 3 N–H and O–H groups in total. The second-order valence-corrected chi connectivity index (χ2v) is 5.08. The van der Waals surface area contributed by atoms with Gasteiger partial charge in [-0.1, -0.05) is 0 Å². The summed E-state index contributed by atoms with van der Waals surface area (Å²) in [5, 5.41) is 13.4. The van der Waals surface area contributed by atoms with E-state index in [0.717, 1.165) is 0 Å². The van der Waals surface area contributed by atoms with Gasteiger partial charge in [0.05, 0.1) is 10.7 Å². The molecule has 18 heavy (non-hydrogen) atoms. The van der Waals surface area contributed by atoms with E-state index in [1.165, 1.54) is 23.9 Å². The lowest BCUT2D eigenvalue weighted by Gasteiger charge is -2.08. The third kappa shape index (κ3) is 4.62. The van der Waals surface area contributed by atoms with Crippen LogP contribution in [0, 0.1) is 10.1 Å². The van der Waals surface area contributed by atoms with E-state index in [1.807, 2.05) is 13.8 Å². The van der Waals surface area contributed by atoms with Gasteiger partial charge in [0.15, 0.2) is 0 Å². The number of amides is 1. The van der Waals surface area contributed by atoms with Crippen LogP contribution in [-0.4, -0.2) is 22.6 Å². The third-order valence-corrected chi connectivity index (χ3v) is 2.92. The Morgan fingerprint density at radius 3 is 2.72 bits per heavy atom. The van der Waals surface area contributed by atoms with Crippen molar-refractivity contribution in [2.24, 2.45) is 0 Å². The molecule has 0 bridgehead atoms. The highest BCUT2D eigenvalue weighted by Gasteiger charge is 2.10. The minimum absolute atomic E-state index is 0.0678. The van der Waals surface area contributed by atoms with Crippen molar-refractivity contribution in [1.29, 1.82) is 0 Å². The third-order valence-electron chi connectivity index (χ3n) is 1.94. The van der Waals surface area contributed by atoms with Crippen molar-refractivity contribution in [3.8, 4) is 0 Å². The number of carbonyl (C=O) groups excluding carboxylic acids is 1. The van der Waals surface area contributed by atoms with Crippen molar-refractivity contribution >= 4 is 29.0 Å². The number of anilines is 1. The summed E-state index contributed by atoms with van der Waals surface area (Å²) in [5.74, 6) is 0.0961. The van der Waals surface area contributed by atoms with Crippen LogP contribution in [0.25, 0.3) is 0 Å². The van der Waals surface area contributed by atoms with Crippen molar-refractivity contribution in [2.45, 2.75) is 24.8 Å². The van der Waals surface area contributed by atoms with Gasteiger partial charge in [-0.05, 0) is 19.9 Å². The number of nitrogens with two attached hydrogens (primary N) is 1. The standard InChI is InChI=1S/C11H15N3O3S/c1-7(2)13-11(15)6-18-10-4-8(12)3-9(5-10)14(16)17/h3-5,7H,6,12H2,1-2H3,(H,13,15). The Labute approximate surface area is 109 Å². The van der Waals surface area contributed by atoms with Crippen molar-refractivity contribution in [2.75, 3.05) is 11.5 Å². The average molecular weight is 269 g/mol. The van der Waals surface area contributed by atoms with Crippen molar-refractivity contribution < 1.29 is 9.72 Å². The van der Waals surface area contributed by atoms with Crippen LogP contribution in [-0.2, 0) is 4.79 Å². The topological polar surface area (TPSA) is 98.3 Å². The second-order valence-electron chi connectivity index (χ2n) is 4.03. The number of rotatable bonds is 5. The highest BCUT2D eigenvalue weighted by atomic mass is 32.2. The van der Waals surface area contributed by atoms with Crippen LogP contribution in [0.2, 0.25) is 0 Å². The van der Waals surface area contributed by atoms with E-state index >= 15 is 0 Å². The summed E-state index contributed by atoms with van der Waals surface area (Å²) in [4.78, 5) is 22.2. The zero-order chi connectivity index (χ0) is 13.7. The van der Waals surface area contributed by atoms with Gasteiger partial charge in [-0.3, -0.25) is 14.9 Å². The normalized spacial score (nSPS) is 10.4. The predicted octanol–water partition coefficient (Wildman–Crippen LogP) is 1.79. The van der Waals surface area contributed by atoms with Gasteiger partial charge >= 0.3 is 0 Å². The summed E-state index contributed by atoms with van der Waals surface area (Å²) in [7, 11) is 0. The maximum absolute atomic E-state index is 11.4. The Morgan fingerprint density at radius 2 is 2.17 bits per heavy atom. The molecule has 0 spiro atoms. The summed E-state index contributed by atoms with van der Waals surface area (Å²) in [6.07, 6.45) is 0. The molecule has 0 heterocycles. The second kappa shape index (κ2) is 6.25. The van der Waals surface area contributed by atoms with E-state index in [-0.39, 0.29) is 23.4 Å². The number of carbonyl (C=O) groups is 1. The van der Waals surface area contributed by atoms with E-state index in [4.69, 9.17) is 5.73 Å². The van der Waals surface area contributed by atoms with Crippen molar-refractivity contribution in [3.05, 3.63) is 28.3 Å². The molecular weight excluding hydrogens is 254 g/mol. The first-order valence-corrected chi connectivity index (χ1v) is 6.34. The van der Waals surface area contributed by atoms with Crippen LogP contribution in [0.1, 0.15) is 13.8 Å². The summed E-state index contributed by atoms with van der Waals surface area (Å²) < 4.78 is 0. The molecule has 0 atom stereocenters. The van der Waals surface area contributed by atoms with Crippen LogP contribution in [0.5, 0.6) is 0 Å². The molecule has 0 unspecified atom stereocenters. The predicted molar refractivity (Wildman–Crippen MR) is 71.5 cm³/mol. The summed E-state index contributed by atoms with van der Waals surface area (Å²) in [6, 6.07) is 4.38. The molecule has 0 fully saturated rings.